The number of benzene rings is 1. The van der Waals surface area contributed by atoms with Crippen molar-refractivity contribution < 1.29 is 27.1 Å². The summed E-state index contributed by atoms with van der Waals surface area (Å²) in [6, 6.07) is 4.30. The maximum Gasteiger partial charge on any atom is 0.299 e. The minimum atomic E-state index is -3.56. The summed E-state index contributed by atoms with van der Waals surface area (Å²) in [4.78, 5) is 19.9. The van der Waals surface area contributed by atoms with E-state index in [0.29, 0.717) is 0 Å². The second-order valence-electron chi connectivity index (χ2n) is 6.77. The van der Waals surface area contributed by atoms with Gasteiger partial charge in [0.25, 0.3) is 5.92 Å². The number of carbonyl (C=O) groups is 1. The number of ether oxygens (including phenoxy) is 1. The molecule has 0 saturated heterocycles. The van der Waals surface area contributed by atoms with E-state index in [9.17, 15) is 22.4 Å². The highest BCUT2D eigenvalue weighted by atomic mass is 35.5. The number of alkyl halides is 2. The lowest BCUT2D eigenvalue weighted by atomic mass is 9.84. The number of nitrogens with zero attached hydrogens (tertiary/aromatic N) is 2. The summed E-state index contributed by atoms with van der Waals surface area (Å²) in [6.07, 6.45) is 0.517. The van der Waals surface area contributed by atoms with Gasteiger partial charge in [-0.15, -0.1) is 0 Å². The van der Waals surface area contributed by atoms with E-state index in [1.807, 2.05) is 0 Å². The Morgan fingerprint density at radius 2 is 2.03 bits per heavy atom. The van der Waals surface area contributed by atoms with Crippen molar-refractivity contribution in [2.45, 2.75) is 24.8 Å². The van der Waals surface area contributed by atoms with Crippen LogP contribution in [0.3, 0.4) is 0 Å². The Morgan fingerprint density at radius 3 is 2.72 bits per heavy atom. The first-order valence-corrected chi connectivity index (χ1v) is 8.84. The SMILES string of the molecule is C[C@]1(c2cc(CC(=O)c3ncc(F)cc3Cl)ccc2F)N=C(N)COCC1(F)F. The average Bonchev–Trinajstić information content (AvgIpc) is 2.72. The van der Waals surface area contributed by atoms with E-state index in [0.717, 1.165) is 31.3 Å². The van der Waals surface area contributed by atoms with Crippen LogP contribution in [0.2, 0.25) is 5.02 Å². The first-order valence-electron chi connectivity index (χ1n) is 8.46. The molecule has 3 rings (SSSR count). The third kappa shape index (κ3) is 4.11. The number of pyridine rings is 1. The molecule has 2 aromatic rings. The number of aromatic nitrogens is 1. The molecule has 0 saturated carbocycles. The fraction of sp³-hybridized carbons (Fsp3) is 0.316. The molecule has 0 bridgehead atoms. The molecule has 0 amide bonds. The highest BCUT2D eigenvalue weighted by Gasteiger charge is 2.54. The molecule has 0 fully saturated rings. The van der Waals surface area contributed by atoms with Crippen molar-refractivity contribution in [2.75, 3.05) is 13.2 Å². The summed E-state index contributed by atoms with van der Waals surface area (Å²) >= 11 is 5.83. The molecule has 1 aromatic heterocycles. The van der Waals surface area contributed by atoms with Crippen LogP contribution < -0.4 is 5.73 Å². The van der Waals surface area contributed by atoms with E-state index in [4.69, 9.17) is 22.1 Å². The van der Waals surface area contributed by atoms with Gasteiger partial charge in [-0.1, -0.05) is 17.7 Å². The summed E-state index contributed by atoms with van der Waals surface area (Å²) in [6.45, 7) is -0.248. The number of carbonyl (C=O) groups excluding carboxylic acids is 1. The van der Waals surface area contributed by atoms with Gasteiger partial charge in [-0.3, -0.25) is 9.79 Å². The Labute approximate surface area is 168 Å². The maximum absolute atomic E-state index is 14.7. The third-order valence-corrected chi connectivity index (χ3v) is 4.89. The number of halogens is 5. The molecule has 1 aromatic carbocycles. The van der Waals surface area contributed by atoms with Crippen LogP contribution in [0.5, 0.6) is 0 Å². The maximum atomic E-state index is 14.7. The standard InChI is InChI=1S/C19H16ClF4N3O2/c1-18(19(23,24)9-29-8-16(25)27-18)12-4-10(2-3-14(12)22)5-15(28)17-13(20)6-11(21)7-26-17/h2-4,6-7H,5,8-9H2,1H3,(H2,25,27)/t18-/m1/s1. The Hall–Kier alpha value is -2.52. The molecular weight excluding hydrogens is 414 g/mol. The monoisotopic (exact) mass is 429 g/mol. The van der Waals surface area contributed by atoms with Gasteiger partial charge in [-0.05, 0) is 30.7 Å². The van der Waals surface area contributed by atoms with Crippen LogP contribution in [0.1, 0.15) is 28.5 Å². The van der Waals surface area contributed by atoms with Gasteiger partial charge in [0.05, 0.1) is 11.2 Å². The highest BCUT2D eigenvalue weighted by Crippen LogP contribution is 2.43. The predicted octanol–water partition coefficient (Wildman–Crippen LogP) is 3.68. The second kappa shape index (κ2) is 7.72. The predicted molar refractivity (Wildman–Crippen MR) is 98.4 cm³/mol. The summed E-state index contributed by atoms with van der Waals surface area (Å²) in [5, 5.41) is -0.186. The molecule has 2 heterocycles. The van der Waals surface area contributed by atoms with Crippen LogP contribution in [0.4, 0.5) is 17.6 Å². The minimum Gasteiger partial charge on any atom is -0.385 e. The Kier molecular flexibility index (Phi) is 5.64. The number of hydrogen-bond acceptors (Lipinski definition) is 5. The minimum absolute atomic E-state index is 0.180. The molecule has 2 N–H and O–H groups in total. The number of ketones is 1. The Bertz CT molecular complexity index is 999. The molecule has 0 aliphatic carbocycles. The van der Waals surface area contributed by atoms with Crippen molar-refractivity contribution in [3.05, 3.63) is 63.9 Å². The van der Waals surface area contributed by atoms with Gasteiger partial charge in [0.15, 0.2) is 11.3 Å². The molecule has 10 heteroatoms. The van der Waals surface area contributed by atoms with Crippen molar-refractivity contribution >= 4 is 23.2 Å². The van der Waals surface area contributed by atoms with Crippen molar-refractivity contribution in [3.63, 3.8) is 0 Å². The lowest BCUT2D eigenvalue weighted by Crippen LogP contribution is -2.45. The number of rotatable bonds is 4. The second-order valence-corrected chi connectivity index (χ2v) is 7.18. The zero-order valence-corrected chi connectivity index (χ0v) is 15.9. The molecule has 1 aliphatic heterocycles. The highest BCUT2D eigenvalue weighted by molar-refractivity contribution is 6.33. The number of Topliss-reactive ketones (excluding diaryl/α,β-unsaturated/α-hetero) is 1. The van der Waals surface area contributed by atoms with Gasteiger partial charge < -0.3 is 10.5 Å². The van der Waals surface area contributed by atoms with E-state index in [2.05, 4.69) is 9.98 Å². The smallest absolute Gasteiger partial charge is 0.299 e. The zero-order chi connectivity index (χ0) is 21.4. The van der Waals surface area contributed by atoms with Crippen LogP contribution >= 0.6 is 11.6 Å². The third-order valence-electron chi connectivity index (χ3n) is 4.60. The summed E-state index contributed by atoms with van der Waals surface area (Å²) in [5.74, 6) is -5.99. The van der Waals surface area contributed by atoms with E-state index >= 15 is 0 Å². The number of hydrogen-bond donors (Lipinski definition) is 1. The lowest BCUT2D eigenvalue weighted by Gasteiger charge is -2.33. The number of aliphatic imine (C=N–C) groups is 1. The fourth-order valence-corrected chi connectivity index (χ4v) is 3.29. The normalized spacial score (nSPS) is 21.4. The Balaban J connectivity index is 2.00. The molecule has 0 spiro atoms. The summed E-state index contributed by atoms with van der Waals surface area (Å²) in [7, 11) is 0. The average molecular weight is 430 g/mol. The van der Waals surface area contributed by atoms with Crippen molar-refractivity contribution in [1.29, 1.82) is 0 Å². The van der Waals surface area contributed by atoms with Gasteiger partial charge in [0.2, 0.25) is 0 Å². The first-order chi connectivity index (χ1) is 13.5. The van der Waals surface area contributed by atoms with Crippen molar-refractivity contribution in [1.82, 2.24) is 4.98 Å². The number of amidine groups is 1. The van der Waals surface area contributed by atoms with E-state index in [-0.39, 0.29) is 35.1 Å². The van der Waals surface area contributed by atoms with E-state index in [1.54, 1.807) is 0 Å². The van der Waals surface area contributed by atoms with Crippen LogP contribution in [-0.2, 0) is 16.7 Å². The van der Waals surface area contributed by atoms with Gasteiger partial charge in [-0.25, -0.2) is 22.5 Å². The molecule has 1 atom stereocenters. The summed E-state index contributed by atoms with van der Waals surface area (Å²) < 4.78 is 61.9. The van der Waals surface area contributed by atoms with Crippen LogP contribution in [-0.4, -0.2) is 35.7 Å². The van der Waals surface area contributed by atoms with Gasteiger partial charge in [0.1, 0.15) is 36.4 Å². The molecular formula is C19H16ClF4N3O2. The molecule has 154 valence electrons. The van der Waals surface area contributed by atoms with Crippen LogP contribution in [0, 0.1) is 11.6 Å². The number of nitrogens with two attached hydrogens (primary N) is 1. The molecule has 0 unspecified atom stereocenters. The van der Waals surface area contributed by atoms with Crippen LogP contribution in [0.25, 0.3) is 0 Å². The molecule has 0 radical (unpaired) electrons. The van der Waals surface area contributed by atoms with Crippen LogP contribution in [0.15, 0.2) is 35.5 Å². The molecule has 1 aliphatic rings. The zero-order valence-electron chi connectivity index (χ0n) is 15.2. The Morgan fingerprint density at radius 1 is 1.31 bits per heavy atom. The fourth-order valence-electron chi connectivity index (χ4n) is 3.03. The topological polar surface area (TPSA) is 77.6 Å². The largest absolute Gasteiger partial charge is 0.385 e. The van der Waals surface area contributed by atoms with E-state index in [1.165, 1.54) is 6.07 Å². The lowest BCUT2D eigenvalue weighted by molar-refractivity contribution is -0.116. The summed E-state index contributed by atoms with van der Waals surface area (Å²) in [5.41, 5.74) is 2.89. The van der Waals surface area contributed by atoms with Gasteiger partial charge in [0, 0.05) is 12.0 Å². The van der Waals surface area contributed by atoms with Crippen molar-refractivity contribution in [3.8, 4) is 0 Å². The van der Waals surface area contributed by atoms with E-state index < -0.39 is 41.0 Å². The van der Waals surface area contributed by atoms with Gasteiger partial charge in [-0.2, -0.15) is 0 Å². The molecule has 29 heavy (non-hydrogen) atoms. The molecule has 5 nitrogen and oxygen atoms in total. The quantitative estimate of drug-likeness (QED) is 0.594. The first kappa shape index (κ1) is 21.2. The van der Waals surface area contributed by atoms with Crippen molar-refractivity contribution in [2.24, 2.45) is 10.7 Å². The van der Waals surface area contributed by atoms with Gasteiger partial charge >= 0.3 is 0 Å².